The lowest BCUT2D eigenvalue weighted by Gasteiger charge is -2.21. The molecule has 1 aliphatic rings. The van der Waals surface area contributed by atoms with Crippen molar-refractivity contribution in [2.45, 2.75) is 45.5 Å². The Bertz CT molecular complexity index is 596. The molecule has 126 valence electrons. The molecule has 23 heavy (non-hydrogen) atoms. The van der Waals surface area contributed by atoms with E-state index >= 15 is 0 Å². The Morgan fingerprint density at radius 2 is 2.04 bits per heavy atom. The number of pyridine rings is 1. The quantitative estimate of drug-likeness (QED) is 0.869. The molecule has 8 heteroatoms. The second-order valence-electron chi connectivity index (χ2n) is 6.42. The number of amides is 3. The van der Waals surface area contributed by atoms with Gasteiger partial charge in [-0.1, -0.05) is 0 Å². The molecule has 3 amide bonds. The number of carbonyl (C=O) groups is 2. The first-order valence-corrected chi connectivity index (χ1v) is 7.29. The molecule has 0 saturated carbocycles. The van der Waals surface area contributed by atoms with Crippen LogP contribution < -0.4 is 10.2 Å². The van der Waals surface area contributed by atoms with Gasteiger partial charge in [0.15, 0.2) is 6.23 Å². The maximum absolute atomic E-state index is 12.2. The molecule has 2 heterocycles. The van der Waals surface area contributed by atoms with Gasteiger partial charge < -0.3 is 10.4 Å². The number of nitrogens with one attached hydrogen (secondary N) is 1. The number of hydroxylamine groups is 2. The Morgan fingerprint density at radius 3 is 2.48 bits per heavy atom. The van der Waals surface area contributed by atoms with Crippen LogP contribution in [0.15, 0.2) is 18.3 Å². The SMILES string of the molecule is CON1C(=O)N(c2ccc(C(=O)NC(C)(C)C)cn2)C(O)C1C. The molecule has 2 atom stereocenters. The van der Waals surface area contributed by atoms with Crippen molar-refractivity contribution in [2.24, 2.45) is 0 Å². The van der Waals surface area contributed by atoms with Gasteiger partial charge in [0.25, 0.3) is 5.91 Å². The molecule has 2 N–H and O–H groups in total. The van der Waals surface area contributed by atoms with Crippen LogP contribution >= 0.6 is 0 Å². The van der Waals surface area contributed by atoms with E-state index in [-0.39, 0.29) is 17.3 Å². The van der Waals surface area contributed by atoms with E-state index in [0.29, 0.717) is 5.56 Å². The van der Waals surface area contributed by atoms with Crippen molar-refractivity contribution in [3.63, 3.8) is 0 Å². The van der Waals surface area contributed by atoms with E-state index in [2.05, 4.69) is 10.3 Å². The van der Waals surface area contributed by atoms with E-state index in [9.17, 15) is 14.7 Å². The molecule has 0 aromatic carbocycles. The zero-order chi connectivity index (χ0) is 17.4. The molecule has 1 aromatic rings. The lowest BCUT2D eigenvalue weighted by molar-refractivity contribution is -0.111. The van der Waals surface area contributed by atoms with E-state index in [0.717, 1.165) is 9.96 Å². The smallest absolute Gasteiger partial charge is 0.352 e. The summed E-state index contributed by atoms with van der Waals surface area (Å²) in [6, 6.07) is 2.04. The van der Waals surface area contributed by atoms with Crippen LogP contribution in [0.2, 0.25) is 0 Å². The minimum atomic E-state index is -1.08. The Hall–Kier alpha value is -2.19. The van der Waals surface area contributed by atoms with Crippen molar-refractivity contribution in [3.8, 4) is 0 Å². The zero-order valence-electron chi connectivity index (χ0n) is 13.9. The van der Waals surface area contributed by atoms with Crippen LogP contribution in [0.5, 0.6) is 0 Å². The maximum Gasteiger partial charge on any atom is 0.352 e. The number of carbonyl (C=O) groups excluding carboxylic acids is 2. The number of hydrogen-bond acceptors (Lipinski definition) is 5. The zero-order valence-corrected chi connectivity index (χ0v) is 13.9. The maximum atomic E-state index is 12.2. The van der Waals surface area contributed by atoms with Crippen LogP contribution in [0.3, 0.4) is 0 Å². The molecule has 8 nitrogen and oxygen atoms in total. The van der Waals surface area contributed by atoms with Gasteiger partial charge in [-0.05, 0) is 39.8 Å². The highest BCUT2D eigenvalue weighted by Crippen LogP contribution is 2.26. The molecule has 1 aliphatic heterocycles. The minimum absolute atomic E-state index is 0.251. The van der Waals surface area contributed by atoms with Crippen LogP contribution in [0.1, 0.15) is 38.1 Å². The third-order valence-electron chi connectivity index (χ3n) is 3.40. The highest BCUT2D eigenvalue weighted by atomic mass is 16.7. The molecule has 2 unspecified atom stereocenters. The summed E-state index contributed by atoms with van der Waals surface area (Å²) in [5.41, 5.74) is 0.0205. The van der Waals surface area contributed by atoms with E-state index < -0.39 is 18.3 Å². The fraction of sp³-hybridized carbons (Fsp3) is 0.533. The van der Waals surface area contributed by atoms with Gasteiger partial charge in [0.2, 0.25) is 0 Å². The largest absolute Gasteiger partial charge is 0.371 e. The number of anilines is 1. The van der Waals surface area contributed by atoms with Gasteiger partial charge >= 0.3 is 6.03 Å². The number of aliphatic hydroxyl groups excluding tert-OH is 1. The van der Waals surface area contributed by atoms with Crippen LogP contribution in [0.25, 0.3) is 0 Å². The molecule has 0 aliphatic carbocycles. The first-order chi connectivity index (χ1) is 10.7. The van der Waals surface area contributed by atoms with Gasteiger partial charge in [-0.3, -0.25) is 9.63 Å². The van der Waals surface area contributed by atoms with Crippen molar-refractivity contribution in [1.82, 2.24) is 15.4 Å². The Labute approximate surface area is 135 Å². The topological polar surface area (TPSA) is 95.0 Å². The fourth-order valence-corrected chi connectivity index (χ4v) is 2.28. The molecule has 1 saturated heterocycles. The molecule has 0 bridgehead atoms. The molecular weight excluding hydrogens is 300 g/mol. The van der Waals surface area contributed by atoms with Crippen LogP contribution in [-0.2, 0) is 4.84 Å². The Kier molecular flexibility index (Phi) is 4.58. The monoisotopic (exact) mass is 322 g/mol. The van der Waals surface area contributed by atoms with Crippen LogP contribution in [0.4, 0.5) is 10.6 Å². The molecule has 1 aromatic heterocycles. The van der Waals surface area contributed by atoms with Crippen LogP contribution in [-0.4, -0.2) is 52.0 Å². The molecule has 0 radical (unpaired) electrons. The van der Waals surface area contributed by atoms with Gasteiger partial charge in [-0.25, -0.2) is 14.7 Å². The molecule has 1 fully saturated rings. The Morgan fingerprint density at radius 1 is 1.39 bits per heavy atom. The third kappa shape index (κ3) is 3.43. The fourth-order valence-electron chi connectivity index (χ4n) is 2.28. The van der Waals surface area contributed by atoms with E-state index in [4.69, 9.17) is 4.84 Å². The lowest BCUT2D eigenvalue weighted by atomic mass is 10.1. The molecule has 0 spiro atoms. The van der Waals surface area contributed by atoms with Crippen molar-refractivity contribution >= 4 is 17.8 Å². The van der Waals surface area contributed by atoms with Crippen molar-refractivity contribution in [1.29, 1.82) is 0 Å². The summed E-state index contributed by atoms with van der Waals surface area (Å²) in [5, 5.41) is 14.1. The second-order valence-corrected chi connectivity index (χ2v) is 6.42. The first kappa shape index (κ1) is 17.2. The summed E-state index contributed by atoms with van der Waals surface area (Å²) in [7, 11) is 1.36. The lowest BCUT2D eigenvalue weighted by Crippen LogP contribution is -2.40. The minimum Gasteiger partial charge on any atom is -0.371 e. The van der Waals surface area contributed by atoms with Gasteiger partial charge in [-0.2, -0.15) is 5.06 Å². The van der Waals surface area contributed by atoms with Crippen LogP contribution in [0, 0.1) is 0 Å². The normalized spacial score (nSPS) is 21.7. The van der Waals surface area contributed by atoms with Gasteiger partial charge in [0.1, 0.15) is 11.9 Å². The summed E-state index contributed by atoms with van der Waals surface area (Å²) in [5.74, 6) is -0.00191. The highest BCUT2D eigenvalue weighted by Gasteiger charge is 2.44. The predicted molar refractivity (Wildman–Crippen MR) is 83.6 cm³/mol. The number of aromatic nitrogens is 1. The van der Waals surface area contributed by atoms with E-state index in [1.165, 1.54) is 19.4 Å². The van der Waals surface area contributed by atoms with Crippen molar-refractivity contribution in [3.05, 3.63) is 23.9 Å². The summed E-state index contributed by atoms with van der Waals surface area (Å²) in [6.45, 7) is 7.31. The number of rotatable bonds is 3. The summed E-state index contributed by atoms with van der Waals surface area (Å²) < 4.78 is 0. The summed E-state index contributed by atoms with van der Waals surface area (Å²) >= 11 is 0. The molecule has 2 rings (SSSR count). The van der Waals surface area contributed by atoms with E-state index in [1.807, 2.05) is 20.8 Å². The van der Waals surface area contributed by atoms with Crippen molar-refractivity contribution in [2.75, 3.05) is 12.0 Å². The number of hydrogen-bond donors (Lipinski definition) is 2. The number of aliphatic hydroxyl groups is 1. The third-order valence-corrected chi connectivity index (χ3v) is 3.40. The summed E-state index contributed by atoms with van der Waals surface area (Å²) in [6.07, 6.45) is 0.292. The standard InChI is InChI=1S/C15H22N4O4/c1-9-13(21)18(14(22)19(9)23-5)11-7-6-10(8-16-11)12(20)17-15(2,3)4/h6-9,13,21H,1-5H3,(H,17,20). The Balaban J connectivity index is 2.20. The second kappa shape index (κ2) is 6.13. The predicted octanol–water partition coefficient (Wildman–Crippen LogP) is 1.12. The van der Waals surface area contributed by atoms with Crippen molar-refractivity contribution < 1.29 is 19.5 Å². The average Bonchev–Trinajstić information content (AvgIpc) is 2.67. The highest BCUT2D eigenvalue weighted by molar-refractivity contribution is 5.96. The first-order valence-electron chi connectivity index (χ1n) is 7.29. The number of urea groups is 1. The van der Waals surface area contributed by atoms with Gasteiger partial charge in [0.05, 0.1) is 12.7 Å². The van der Waals surface area contributed by atoms with Gasteiger partial charge in [-0.15, -0.1) is 0 Å². The number of nitrogens with zero attached hydrogens (tertiary/aromatic N) is 3. The molecular formula is C15H22N4O4. The average molecular weight is 322 g/mol. The van der Waals surface area contributed by atoms with E-state index in [1.54, 1.807) is 13.0 Å². The summed E-state index contributed by atoms with van der Waals surface area (Å²) in [4.78, 5) is 34.5. The van der Waals surface area contributed by atoms with Gasteiger partial charge in [0, 0.05) is 11.7 Å².